The molecule has 0 aliphatic heterocycles. The molecule has 2 rings (SSSR count). The second-order valence-corrected chi connectivity index (χ2v) is 29.3. The van der Waals surface area contributed by atoms with Gasteiger partial charge in [0.1, 0.15) is 0 Å². The molecule has 0 N–H and O–H groups in total. The first-order valence-corrected chi connectivity index (χ1v) is 25.9. The molecule has 227 valence electrons. The monoisotopic (exact) mass is 1290 g/mol. The predicted molar refractivity (Wildman–Crippen MR) is 163 cm³/mol. The van der Waals surface area contributed by atoms with E-state index in [1.54, 1.807) is 0 Å². The summed E-state index contributed by atoms with van der Waals surface area (Å²) in [6.45, 7) is 22.0. The Hall–Kier alpha value is 1.80. The molecule has 0 amide bonds. The zero-order chi connectivity index (χ0) is 29.8. The van der Waals surface area contributed by atoms with Crippen LogP contribution in [0.15, 0.2) is 8.94 Å². The SMILES string of the molecule is COC(=O)/C([Se-])=C(/[Se-])C(=O)[O+](C)C.Cc1c(C)c(C)[c-](C)c1C.Cc1c(C)c(C)[c-](C)c1C.[Ir+3].[Ir].[Se-][Se][Se][Se-]. The van der Waals surface area contributed by atoms with Crippen LogP contribution in [0.25, 0.3) is 0 Å². The minimum atomic E-state index is -0.565. The van der Waals surface area contributed by atoms with Crippen molar-refractivity contribution < 1.29 is 58.9 Å². The third-order valence-electron chi connectivity index (χ3n) is 6.79. The van der Waals surface area contributed by atoms with Crippen molar-refractivity contribution in [3.05, 3.63) is 64.6 Å². The van der Waals surface area contributed by atoms with Crippen LogP contribution in [-0.2, 0) is 58.9 Å². The van der Waals surface area contributed by atoms with E-state index >= 15 is 0 Å². The van der Waals surface area contributed by atoms with E-state index in [2.05, 4.69) is 139 Å². The van der Waals surface area contributed by atoms with Gasteiger partial charge in [0.2, 0.25) is 0 Å². The minimum absolute atomic E-state index is 0. The van der Waals surface area contributed by atoms with E-state index in [4.69, 9.17) is 0 Å². The number of ether oxygens (including phenoxy) is 1. The van der Waals surface area contributed by atoms with E-state index in [0.717, 1.165) is 22.6 Å². The van der Waals surface area contributed by atoms with Crippen molar-refractivity contribution in [1.29, 1.82) is 0 Å². The van der Waals surface area contributed by atoms with Crippen LogP contribution in [0.4, 0.5) is 0 Å². The first kappa shape index (κ1) is 47.7. The zero-order valence-corrected chi connectivity index (χ0v) is 39.8. The van der Waals surface area contributed by atoms with Gasteiger partial charge in [-0.2, -0.15) is 55.6 Å². The fourth-order valence-corrected chi connectivity index (χ4v) is 4.15. The summed E-state index contributed by atoms with van der Waals surface area (Å²) in [5, 5.41) is 0. The van der Waals surface area contributed by atoms with Crippen molar-refractivity contribution in [2.75, 3.05) is 21.3 Å². The molecule has 0 heterocycles. The van der Waals surface area contributed by atoms with Gasteiger partial charge >= 0.3 is 164 Å². The maximum atomic E-state index is 11.3. The molecule has 4 nitrogen and oxygen atoms in total. The number of rotatable bonds is 3. The Balaban J connectivity index is -0.000000216. The van der Waals surface area contributed by atoms with Crippen LogP contribution in [0.1, 0.15) is 55.6 Å². The standard InChI is InChI=1S/2C10H15.C7H10O4Se2.2Ir.H2Se4/c2*1-6-7(2)9(4)10(5)8(6)3;1-10-6(8)4(12)5(13)7(9)11(2)3;;;1-3-4-2/h2*1-5H3;1-3H3,(H-,8,9,12,13);;;1-2H/q2*-1;;;+3;/p-3. The number of carbonyl (C=O) groups is 2. The molecule has 39 heavy (non-hydrogen) atoms. The summed E-state index contributed by atoms with van der Waals surface area (Å²) < 4.78 is 6.90. The van der Waals surface area contributed by atoms with E-state index in [1.807, 2.05) is 0 Å². The first-order valence-electron chi connectivity index (χ1n) is 11.2. The second kappa shape index (κ2) is 24.2. The van der Waals surface area contributed by atoms with E-state index in [-0.39, 0.29) is 55.1 Å². The number of hydrogen-bond donors (Lipinski definition) is 0. The zero-order valence-electron chi connectivity index (χ0n) is 24.7. The van der Waals surface area contributed by atoms with Gasteiger partial charge < -0.3 is 0 Å². The number of carbonyl (C=O) groups excluding carboxylic acids is 2. The summed E-state index contributed by atoms with van der Waals surface area (Å²) in [6, 6.07) is 0. The van der Waals surface area contributed by atoms with Gasteiger partial charge in [0.05, 0.1) is 0 Å². The molecule has 0 saturated carbocycles. The molecular formula is C27H39Ir2O4Se6-2. The molecule has 0 aromatic heterocycles. The van der Waals surface area contributed by atoms with E-state index in [9.17, 15) is 9.59 Å². The Morgan fingerprint density at radius 1 is 0.692 bits per heavy atom. The van der Waals surface area contributed by atoms with Crippen molar-refractivity contribution in [3.8, 4) is 0 Å². The van der Waals surface area contributed by atoms with Crippen molar-refractivity contribution in [2.45, 2.75) is 69.2 Å². The average Bonchev–Trinajstić information content (AvgIpc) is 3.17. The molecular weight excluding hydrogens is 1250 g/mol. The molecule has 0 unspecified atom stereocenters. The Labute approximate surface area is 305 Å². The average molecular weight is 1290 g/mol. The van der Waals surface area contributed by atoms with E-state index in [0.29, 0.717) is 0 Å². The van der Waals surface area contributed by atoms with Crippen molar-refractivity contribution in [3.63, 3.8) is 0 Å². The third-order valence-corrected chi connectivity index (χ3v) is 29.2. The van der Waals surface area contributed by atoms with Crippen LogP contribution in [0.2, 0.25) is 0 Å². The molecule has 0 aliphatic carbocycles. The van der Waals surface area contributed by atoms with Gasteiger partial charge in [-0.15, -0.1) is 0 Å². The molecule has 0 spiro atoms. The van der Waals surface area contributed by atoms with Crippen LogP contribution in [0.5, 0.6) is 0 Å². The van der Waals surface area contributed by atoms with Crippen LogP contribution in [0.3, 0.4) is 0 Å². The van der Waals surface area contributed by atoms with E-state index < -0.39 is 5.97 Å². The fourth-order valence-electron chi connectivity index (χ4n) is 3.28. The van der Waals surface area contributed by atoms with Gasteiger partial charge in [0, 0.05) is 20.1 Å². The topological polar surface area (TPSA) is 46.1 Å². The van der Waals surface area contributed by atoms with Gasteiger partial charge in [-0.1, -0.05) is 69.2 Å². The molecule has 0 bridgehead atoms. The quantitative estimate of drug-likeness (QED) is 0.156. The molecule has 0 fully saturated rings. The molecule has 0 aliphatic rings. The summed E-state index contributed by atoms with van der Waals surface area (Å²) >= 11 is 12.5. The second-order valence-electron chi connectivity index (χ2n) is 8.64. The predicted octanol–water partition coefficient (Wildman–Crippen LogP) is 3.41. The van der Waals surface area contributed by atoms with Gasteiger partial charge in [0.25, 0.3) is 0 Å². The number of hydrogen-bond acceptors (Lipinski definition) is 3. The Morgan fingerprint density at radius 2 is 0.949 bits per heavy atom. The van der Waals surface area contributed by atoms with Gasteiger partial charge in [0.15, 0.2) is 0 Å². The van der Waals surface area contributed by atoms with Crippen LogP contribution >= 0.6 is 0 Å². The molecule has 12 heteroatoms. The summed E-state index contributed by atoms with van der Waals surface area (Å²) in [5.41, 5.74) is 14.7. The number of methoxy groups -OCH3 is 1. The van der Waals surface area contributed by atoms with Crippen molar-refractivity contribution in [2.24, 2.45) is 0 Å². The Bertz CT molecular complexity index is 870. The molecule has 0 atom stereocenters. The van der Waals surface area contributed by atoms with Crippen molar-refractivity contribution in [1.82, 2.24) is 0 Å². The fraction of sp³-hybridized carbons (Fsp3) is 0.481. The van der Waals surface area contributed by atoms with Crippen molar-refractivity contribution >= 4 is 95.0 Å². The summed E-state index contributed by atoms with van der Waals surface area (Å²) in [5.74, 6) is -0.913. The molecule has 0 saturated heterocycles. The van der Waals surface area contributed by atoms with Crippen LogP contribution < -0.4 is 0 Å². The Kier molecular flexibility index (Phi) is 29.6. The summed E-state index contributed by atoms with van der Waals surface area (Å²) in [4.78, 5) is 22.2. The number of esters is 1. The molecule has 1 radical (unpaired) electrons. The molecule has 2 aromatic carbocycles. The summed E-state index contributed by atoms with van der Waals surface area (Å²) in [6.07, 6.45) is 0. The van der Waals surface area contributed by atoms with Gasteiger partial charge in [-0.05, 0) is 0 Å². The van der Waals surface area contributed by atoms with Gasteiger partial charge in [-0.25, -0.2) is 0 Å². The first-order chi connectivity index (χ1) is 16.9. The van der Waals surface area contributed by atoms with Gasteiger partial charge in [-0.3, -0.25) is 0 Å². The third kappa shape index (κ3) is 15.4. The normalized spacial score (nSPS) is 10.0. The van der Waals surface area contributed by atoms with Crippen LogP contribution in [-0.4, -0.2) is 116 Å². The maximum absolute atomic E-state index is 11.3. The van der Waals surface area contributed by atoms with E-state index in [1.165, 1.54) is 77.0 Å². The Morgan fingerprint density at radius 3 is 1.08 bits per heavy atom. The molecule has 2 aromatic rings. The van der Waals surface area contributed by atoms with Crippen LogP contribution in [0, 0.1) is 69.2 Å². The summed E-state index contributed by atoms with van der Waals surface area (Å²) in [7, 11) is 4.29.